The van der Waals surface area contributed by atoms with E-state index in [1.165, 1.54) is 6.92 Å². The van der Waals surface area contributed by atoms with E-state index in [-0.39, 0.29) is 6.54 Å². The van der Waals surface area contributed by atoms with Gasteiger partial charge in [0.05, 0.1) is 6.54 Å². The summed E-state index contributed by atoms with van der Waals surface area (Å²) in [6, 6.07) is -1.42. The fourth-order valence-electron chi connectivity index (χ4n) is 0.709. The first-order valence-electron chi connectivity index (χ1n) is 4.51. The van der Waals surface area contributed by atoms with E-state index in [1.807, 2.05) is 5.32 Å². The molecule has 3 amide bonds. The van der Waals surface area contributed by atoms with E-state index in [9.17, 15) is 14.4 Å². The van der Waals surface area contributed by atoms with Crippen molar-refractivity contribution in [3.8, 4) is 0 Å². The summed E-state index contributed by atoms with van der Waals surface area (Å²) in [6.45, 7) is 3.32. The molecule has 7 heteroatoms. The Hall–Kier alpha value is -1.63. The van der Waals surface area contributed by atoms with Crippen molar-refractivity contribution >= 4 is 17.9 Å². The van der Waals surface area contributed by atoms with Crippen LogP contribution in [0.25, 0.3) is 0 Å². The number of aliphatic carboxylic acids is 1. The lowest BCUT2D eigenvalue weighted by molar-refractivity contribution is -0.139. The van der Waals surface area contributed by atoms with Gasteiger partial charge in [0, 0.05) is 6.54 Å². The second kappa shape index (κ2) is 6.77. The van der Waals surface area contributed by atoms with Crippen molar-refractivity contribution < 1.29 is 19.5 Å². The Balaban J connectivity index is 3.75. The zero-order valence-corrected chi connectivity index (χ0v) is 8.66. The van der Waals surface area contributed by atoms with Crippen LogP contribution in [0.15, 0.2) is 0 Å². The molecule has 0 saturated heterocycles. The lowest BCUT2D eigenvalue weighted by Crippen LogP contribution is -2.46. The molecule has 0 rings (SSSR count). The Morgan fingerprint density at radius 2 is 1.93 bits per heavy atom. The van der Waals surface area contributed by atoms with Crippen molar-refractivity contribution in [2.45, 2.75) is 19.9 Å². The van der Waals surface area contributed by atoms with Crippen LogP contribution in [0.4, 0.5) is 4.79 Å². The first-order chi connectivity index (χ1) is 6.97. The van der Waals surface area contributed by atoms with Gasteiger partial charge in [-0.1, -0.05) is 0 Å². The topological polar surface area (TPSA) is 108 Å². The summed E-state index contributed by atoms with van der Waals surface area (Å²) in [7, 11) is 0. The third-order valence-electron chi connectivity index (χ3n) is 1.53. The van der Waals surface area contributed by atoms with Crippen molar-refractivity contribution in [2.24, 2.45) is 0 Å². The summed E-state index contributed by atoms with van der Waals surface area (Å²) in [5.41, 5.74) is 0. The molecule has 0 spiro atoms. The molecule has 0 aliphatic rings. The number of imide groups is 1. The summed E-state index contributed by atoms with van der Waals surface area (Å²) >= 11 is 0. The third kappa shape index (κ3) is 6.44. The van der Waals surface area contributed by atoms with E-state index < -0.39 is 23.9 Å². The lowest BCUT2D eigenvalue weighted by atomic mass is 10.3. The van der Waals surface area contributed by atoms with E-state index in [1.54, 1.807) is 6.92 Å². The molecule has 0 aliphatic heterocycles. The maximum atomic E-state index is 11.0. The van der Waals surface area contributed by atoms with Gasteiger partial charge < -0.3 is 10.4 Å². The molecule has 0 aliphatic carbocycles. The van der Waals surface area contributed by atoms with Gasteiger partial charge in [-0.2, -0.15) is 0 Å². The molecule has 0 saturated carbocycles. The number of carbonyl (C=O) groups is 3. The maximum absolute atomic E-state index is 11.0. The van der Waals surface area contributed by atoms with Crippen LogP contribution in [0.5, 0.6) is 0 Å². The molecule has 0 fully saturated rings. The lowest BCUT2D eigenvalue weighted by Gasteiger charge is -2.08. The number of amides is 3. The highest BCUT2D eigenvalue weighted by atomic mass is 16.4. The zero-order valence-electron chi connectivity index (χ0n) is 8.66. The highest BCUT2D eigenvalue weighted by molar-refractivity contribution is 5.95. The smallest absolute Gasteiger partial charge is 0.321 e. The zero-order chi connectivity index (χ0) is 11.8. The quantitative estimate of drug-likeness (QED) is 0.467. The van der Waals surface area contributed by atoms with Crippen LogP contribution in [0.2, 0.25) is 0 Å². The van der Waals surface area contributed by atoms with Crippen molar-refractivity contribution in [1.29, 1.82) is 0 Å². The molecule has 7 nitrogen and oxygen atoms in total. The van der Waals surface area contributed by atoms with Gasteiger partial charge in [-0.25, -0.2) is 4.79 Å². The predicted octanol–water partition coefficient (Wildman–Crippen LogP) is -1.11. The fourth-order valence-corrected chi connectivity index (χ4v) is 0.709. The molecule has 4 N–H and O–H groups in total. The van der Waals surface area contributed by atoms with Gasteiger partial charge in [-0.3, -0.25) is 20.2 Å². The van der Waals surface area contributed by atoms with Gasteiger partial charge in [0.1, 0.15) is 6.04 Å². The summed E-state index contributed by atoms with van der Waals surface area (Å²) in [5.74, 6) is -1.63. The van der Waals surface area contributed by atoms with E-state index in [2.05, 4.69) is 10.6 Å². The van der Waals surface area contributed by atoms with Crippen molar-refractivity contribution in [1.82, 2.24) is 16.0 Å². The van der Waals surface area contributed by atoms with Crippen molar-refractivity contribution in [3.05, 3.63) is 0 Å². The van der Waals surface area contributed by atoms with E-state index in [0.29, 0.717) is 6.54 Å². The number of carboxylic acid groups (broad SMARTS) is 1. The van der Waals surface area contributed by atoms with Crippen LogP contribution < -0.4 is 16.0 Å². The Kier molecular flexibility index (Phi) is 6.03. The van der Waals surface area contributed by atoms with E-state index in [0.717, 1.165) is 0 Å². The summed E-state index contributed by atoms with van der Waals surface area (Å²) in [5, 5.41) is 15.3. The number of nitrogens with one attached hydrogen (secondary N) is 3. The van der Waals surface area contributed by atoms with Gasteiger partial charge in [-0.15, -0.1) is 0 Å². The third-order valence-corrected chi connectivity index (χ3v) is 1.53. The highest BCUT2D eigenvalue weighted by Gasteiger charge is 2.12. The summed E-state index contributed by atoms with van der Waals surface area (Å²) in [6.07, 6.45) is 0. The molecular formula is C8H15N3O4. The Labute approximate surface area is 87.2 Å². The minimum Gasteiger partial charge on any atom is -0.480 e. The number of hydrogen-bond donors (Lipinski definition) is 4. The van der Waals surface area contributed by atoms with Crippen molar-refractivity contribution in [3.63, 3.8) is 0 Å². The van der Waals surface area contributed by atoms with Crippen LogP contribution in [0, 0.1) is 0 Å². The molecule has 0 bridgehead atoms. The van der Waals surface area contributed by atoms with Crippen molar-refractivity contribution in [2.75, 3.05) is 13.1 Å². The Morgan fingerprint density at radius 3 is 2.40 bits per heavy atom. The second-order valence-electron chi connectivity index (χ2n) is 2.85. The number of carbonyl (C=O) groups excluding carboxylic acids is 2. The van der Waals surface area contributed by atoms with Crippen LogP contribution >= 0.6 is 0 Å². The molecule has 0 heterocycles. The Morgan fingerprint density at radius 1 is 1.33 bits per heavy atom. The average Bonchev–Trinajstić information content (AvgIpc) is 2.14. The van der Waals surface area contributed by atoms with E-state index >= 15 is 0 Å². The van der Waals surface area contributed by atoms with Crippen LogP contribution in [0.1, 0.15) is 13.8 Å². The van der Waals surface area contributed by atoms with Crippen LogP contribution in [-0.4, -0.2) is 42.1 Å². The minimum atomic E-state index is -1.05. The van der Waals surface area contributed by atoms with Crippen LogP contribution in [0.3, 0.4) is 0 Å². The summed E-state index contributed by atoms with van der Waals surface area (Å²) < 4.78 is 0. The average molecular weight is 217 g/mol. The fraction of sp³-hybridized carbons (Fsp3) is 0.625. The first kappa shape index (κ1) is 13.4. The number of rotatable bonds is 5. The van der Waals surface area contributed by atoms with E-state index in [4.69, 9.17) is 5.11 Å². The molecule has 0 radical (unpaired) electrons. The number of urea groups is 1. The second-order valence-corrected chi connectivity index (χ2v) is 2.85. The SMILES string of the molecule is CCNC(=O)NC(=O)CN[C@H](C)C(=O)O. The summed E-state index contributed by atoms with van der Waals surface area (Å²) in [4.78, 5) is 32.2. The van der Waals surface area contributed by atoms with Gasteiger partial charge >= 0.3 is 12.0 Å². The molecule has 0 aromatic carbocycles. The standard InChI is InChI=1S/C8H15N3O4/c1-3-9-8(15)11-6(12)4-10-5(2)7(13)14/h5,10H,3-4H2,1-2H3,(H,13,14)(H2,9,11,12,15)/t5-/m1/s1. The number of hydrogen-bond acceptors (Lipinski definition) is 4. The molecule has 1 atom stereocenters. The predicted molar refractivity (Wildman–Crippen MR) is 52.3 cm³/mol. The Bertz CT molecular complexity index is 254. The highest BCUT2D eigenvalue weighted by Crippen LogP contribution is 1.79. The largest absolute Gasteiger partial charge is 0.480 e. The molecule has 0 aromatic rings. The van der Waals surface area contributed by atoms with Gasteiger partial charge in [-0.05, 0) is 13.8 Å². The van der Waals surface area contributed by atoms with Gasteiger partial charge in [0.25, 0.3) is 0 Å². The first-order valence-corrected chi connectivity index (χ1v) is 4.51. The molecule has 86 valence electrons. The monoisotopic (exact) mass is 217 g/mol. The normalized spacial score (nSPS) is 11.6. The van der Waals surface area contributed by atoms with Gasteiger partial charge in [0.2, 0.25) is 5.91 Å². The molecule has 15 heavy (non-hydrogen) atoms. The molecule has 0 unspecified atom stereocenters. The minimum absolute atomic E-state index is 0.218. The molecule has 0 aromatic heterocycles. The molecular weight excluding hydrogens is 202 g/mol. The van der Waals surface area contributed by atoms with Crippen LogP contribution in [-0.2, 0) is 9.59 Å². The number of carboxylic acids is 1. The van der Waals surface area contributed by atoms with Gasteiger partial charge in [0.15, 0.2) is 0 Å². The maximum Gasteiger partial charge on any atom is 0.321 e.